The van der Waals surface area contributed by atoms with Crippen LogP contribution in [-0.4, -0.2) is 82.8 Å². The number of benzene rings is 2. The zero-order valence-corrected chi connectivity index (χ0v) is 24.7. The van der Waals surface area contributed by atoms with Crippen LogP contribution in [0.5, 0.6) is 0 Å². The van der Waals surface area contributed by atoms with E-state index in [1.807, 2.05) is 36.4 Å². The van der Waals surface area contributed by atoms with Crippen LogP contribution in [-0.2, 0) is 22.4 Å². The molecule has 2 aromatic carbocycles. The molecule has 0 spiro atoms. The fraction of sp³-hybridized carbons (Fsp3) is 0.531. The number of hydrogen-bond acceptors (Lipinski definition) is 7. The number of aliphatic hydroxyl groups is 3. The van der Waals surface area contributed by atoms with E-state index in [-0.39, 0.29) is 5.91 Å². The van der Waals surface area contributed by atoms with E-state index in [2.05, 4.69) is 42.4 Å². The molecule has 0 aromatic heterocycles. The highest BCUT2D eigenvalue weighted by Crippen LogP contribution is 2.36. The summed E-state index contributed by atoms with van der Waals surface area (Å²) < 4.78 is 5.95. The standard InChI is InChI=1S/C32H44N2O5S/c1-5-18-34(3)19-17-33-27(35)10-8-6-7-9-23-12-14-24(15-13-23)20-26-21-25(16-11-22(26)2)31-29(37)28(36)30(38)32(39-31)40-4/h1,11-16,21,28-32,36-38H,6-10,17-20H2,2-4H3,(H,33,35)/t28-,29-,30+,31+,32-/m1/s1. The second-order valence-corrected chi connectivity index (χ2v) is 11.6. The summed E-state index contributed by atoms with van der Waals surface area (Å²) in [5.74, 6) is 2.69. The average molecular weight is 569 g/mol. The van der Waals surface area contributed by atoms with Crippen molar-refractivity contribution in [2.45, 2.75) is 75.3 Å². The van der Waals surface area contributed by atoms with Crippen molar-refractivity contribution in [1.82, 2.24) is 10.2 Å². The predicted molar refractivity (Wildman–Crippen MR) is 161 cm³/mol. The van der Waals surface area contributed by atoms with Crippen molar-refractivity contribution in [1.29, 1.82) is 0 Å². The largest absolute Gasteiger partial charge is 0.387 e. The summed E-state index contributed by atoms with van der Waals surface area (Å²) in [6.45, 7) is 4.02. The minimum atomic E-state index is -1.26. The van der Waals surface area contributed by atoms with Crippen molar-refractivity contribution in [3.05, 3.63) is 70.3 Å². The van der Waals surface area contributed by atoms with Crippen molar-refractivity contribution in [2.75, 3.05) is 32.9 Å². The van der Waals surface area contributed by atoms with Crippen molar-refractivity contribution >= 4 is 17.7 Å². The first-order chi connectivity index (χ1) is 19.2. The molecule has 7 nitrogen and oxygen atoms in total. The van der Waals surface area contributed by atoms with Gasteiger partial charge in [-0.25, -0.2) is 0 Å². The molecular formula is C32H44N2O5S. The van der Waals surface area contributed by atoms with Gasteiger partial charge in [-0.1, -0.05) is 54.8 Å². The molecule has 1 amide bonds. The topological polar surface area (TPSA) is 102 Å². The number of nitrogens with zero attached hydrogens (tertiary/aromatic N) is 1. The predicted octanol–water partition coefficient (Wildman–Crippen LogP) is 3.21. The number of thioether (sulfide) groups is 1. The number of terminal acetylenes is 1. The molecule has 1 aliphatic heterocycles. The number of unbranched alkanes of at least 4 members (excludes halogenated alkanes) is 2. The van der Waals surface area contributed by atoms with Crippen LogP contribution in [0.2, 0.25) is 0 Å². The van der Waals surface area contributed by atoms with E-state index in [4.69, 9.17) is 11.2 Å². The van der Waals surface area contributed by atoms with Gasteiger partial charge in [-0.2, -0.15) is 0 Å². The lowest BCUT2D eigenvalue weighted by Crippen LogP contribution is -2.52. The third kappa shape index (κ3) is 9.34. The van der Waals surface area contributed by atoms with Gasteiger partial charge in [0.25, 0.3) is 0 Å². The Balaban J connectivity index is 1.45. The van der Waals surface area contributed by atoms with Gasteiger partial charge in [-0.3, -0.25) is 9.69 Å². The van der Waals surface area contributed by atoms with Crippen LogP contribution in [0.1, 0.15) is 59.6 Å². The van der Waals surface area contributed by atoms with E-state index in [1.165, 1.54) is 22.9 Å². The Hall–Kier alpha value is -2.38. The highest BCUT2D eigenvalue weighted by molar-refractivity contribution is 7.99. The number of rotatable bonds is 14. The lowest BCUT2D eigenvalue weighted by atomic mass is 9.91. The van der Waals surface area contributed by atoms with Crippen LogP contribution in [0.25, 0.3) is 0 Å². The van der Waals surface area contributed by atoms with Gasteiger partial charge < -0.3 is 25.4 Å². The normalized spacial score (nSPS) is 22.7. The first-order valence-electron chi connectivity index (χ1n) is 14.0. The number of likely N-dealkylation sites (N-methyl/N-ethyl adjacent to an activating group) is 1. The van der Waals surface area contributed by atoms with E-state index < -0.39 is 29.9 Å². The minimum absolute atomic E-state index is 0.0974. The number of aliphatic hydroxyl groups excluding tert-OH is 3. The molecule has 0 radical (unpaired) electrons. The SMILES string of the molecule is C#CCN(C)CCNC(=O)CCCCCc1ccc(Cc2cc([C@@H]3O[C@H](SC)[C@@H](O)[C@H](O)[C@H]3O)ccc2C)cc1. The quantitative estimate of drug-likeness (QED) is 0.205. The van der Waals surface area contributed by atoms with Crippen LogP contribution in [0.3, 0.4) is 0 Å². The van der Waals surface area contributed by atoms with Crippen LogP contribution < -0.4 is 5.32 Å². The summed E-state index contributed by atoms with van der Waals surface area (Å²) in [5, 5.41) is 34.0. The molecule has 4 N–H and O–H groups in total. The van der Waals surface area contributed by atoms with Gasteiger partial charge in [0.05, 0.1) is 6.54 Å². The third-order valence-electron chi connectivity index (χ3n) is 7.47. The first-order valence-corrected chi connectivity index (χ1v) is 15.3. The first kappa shape index (κ1) is 32.1. The number of carbonyl (C=O) groups excluding carboxylic acids is 1. The maximum atomic E-state index is 12.0. The molecule has 0 bridgehead atoms. The van der Waals surface area contributed by atoms with Crippen molar-refractivity contribution in [3.63, 3.8) is 0 Å². The van der Waals surface area contributed by atoms with Gasteiger partial charge in [0, 0.05) is 19.5 Å². The molecule has 0 unspecified atom stereocenters. The smallest absolute Gasteiger partial charge is 0.220 e. The minimum Gasteiger partial charge on any atom is -0.387 e. The molecule has 218 valence electrons. The molecule has 1 saturated heterocycles. The highest BCUT2D eigenvalue weighted by Gasteiger charge is 2.44. The van der Waals surface area contributed by atoms with Gasteiger partial charge in [0.1, 0.15) is 29.9 Å². The molecule has 1 heterocycles. The lowest BCUT2D eigenvalue weighted by molar-refractivity contribution is -0.200. The van der Waals surface area contributed by atoms with Crippen molar-refractivity contribution in [3.8, 4) is 12.3 Å². The second-order valence-electron chi connectivity index (χ2n) is 10.7. The van der Waals surface area contributed by atoms with E-state index in [0.717, 1.165) is 55.3 Å². The number of amides is 1. The molecule has 0 saturated carbocycles. The molecular weight excluding hydrogens is 524 g/mol. The molecule has 1 aliphatic rings. The van der Waals surface area contributed by atoms with Gasteiger partial charge in [0.2, 0.25) is 5.91 Å². The summed E-state index contributed by atoms with van der Waals surface area (Å²) in [6.07, 6.45) is 8.01. The number of hydrogen-bond donors (Lipinski definition) is 4. The zero-order chi connectivity index (χ0) is 29.1. The Morgan fingerprint density at radius 1 is 1.05 bits per heavy atom. The van der Waals surface area contributed by atoms with Gasteiger partial charge in [-0.05, 0) is 73.7 Å². The molecule has 1 fully saturated rings. The highest BCUT2D eigenvalue weighted by atomic mass is 32.2. The van der Waals surface area contributed by atoms with Gasteiger partial charge in [0.15, 0.2) is 0 Å². The lowest BCUT2D eigenvalue weighted by Gasteiger charge is -2.40. The number of aryl methyl sites for hydroxylation is 2. The maximum absolute atomic E-state index is 12.0. The summed E-state index contributed by atoms with van der Waals surface area (Å²) >= 11 is 1.32. The molecule has 40 heavy (non-hydrogen) atoms. The van der Waals surface area contributed by atoms with Crippen LogP contribution in [0, 0.1) is 19.3 Å². The number of carbonyl (C=O) groups is 1. The number of ether oxygens (including phenoxy) is 1. The molecule has 2 aromatic rings. The van der Waals surface area contributed by atoms with E-state index in [9.17, 15) is 20.1 Å². The Morgan fingerprint density at radius 3 is 2.48 bits per heavy atom. The van der Waals surface area contributed by atoms with Gasteiger partial charge in [-0.15, -0.1) is 18.2 Å². The molecule has 5 atom stereocenters. The summed E-state index contributed by atoms with van der Waals surface area (Å²) in [6, 6.07) is 14.6. The second kappa shape index (κ2) is 16.2. The van der Waals surface area contributed by atoms with Crippen LogP contribution in [0.4, 0.5) is 0 Å². The van der Waals surface area contributed by atoms with E-state index >= 15 is 0 Å². The van der Waals surface area contributed by atoms with Crippen LogP contribution >= 0.6 is 11.8 Å². The van der Waals surface area contributed by atoms with Crippen molar-refractivity contribution in [2.24, 2.45) is 0 Å². The third-order valence-corrected chi connectivity index (χ3v) is 8.32. The van der Waals surface area contributed by atoms with E-state index in [1.54, 1.807) is 0 Å². The Kier molecular flexibility index (Phi) is 13.0. The Morgan fingerprint density at radius 2 is 1.77 bits per heavy atom. The fourth-order valence-electron chi connectivity index (χ4n) is 4.92. The molecule has 3 rings (SSSR count). The Labute approximate surface area is 243 Å². The van der Waals surface area contributed by atoms with Crippen LogP contribution in [0.15, 0.2) is 42.5 Å². The fourth-order valence-corrected chi connectivity index (χ4v) is 5.59. The summed E-state index contributed by atoms with van der Waals surface area (Å²) in [4.78, 5) is 14.0. The molecule has 0 aliphatic carbocycles. The van der Waals surface area contributed by atoms with Gasteiger partial charge >= 0.3 is 0 Å². The Bertz CT molecular complexity index is 1120. The average Bonchev–Trinajstić information content (AvgIpc) is 2.94. The summed E-state index contributed by atoms with van der Waals surface area (Å²) in [7, 11) is 1.94. The zero-order valence-electron chi connectivity index (χ0n) is 23.9. The monoisotopic (exact) mass is 568 g/mol. The number of nitrogens with one attached hydrogen (secondary N) is 1. The van der Waals surface area contributed by atoms with E-state index in [0.29, 0.717) is 19.5 Å². The van der Waals surface area contributed by atoms with Crippen molar-refractivity contribution < 1.29 is 24.9 Å². The molecule has 8 heteroatoms. The summed E-state index contributed by atoms with van der Waals surface area (Å²) in [5.41, 5.74) is 4.93. The maximum Gasteiger partial charge on any atom is 0.220 e.